The molecular weight excluding hydrogens is 293 g/mol. The van der Waals surface area contributed by atoms with Crippen LogP contribution in [0.3, 0.4) is 0 Å². The maximum atomic E-state index is 6.21. The molecule has 0 bridgehead atoms. The van der Waals surface area contributed by atoms with Gasteiger partial charge >= 0.3 is 0 Å². The van der Waals surface area contributed by atoms with E-state index in [2.05, 4.69) is 10.3 Å². The second kappa shape index (κ2) is 5.68. The molecule has 0 fully saturated rings. The van der Waals surface area contributed by atoms with Crippen LogP contribution in [0.2, 0.25) is 10.0 Å². The van der Waals surface area contributed by atoms with Gasteiger partial charge in [-0.2, -0.15) is 0 Å². The zero-order valence-corrected chi connectivity index (χ0v) is 12.7. The van der Waals surface area contributed by atoms with E-state index in [1.165, 1.54) is 5.56 Å². The Morgan fingerprint density at radius 1 is 1.25 bits per heavy atom. The van der Waals surface area contributed by atoms with E-state index < -0.39 is 0 Å². The first-order valence-electron chi connectivity index (χ1n) is 6.63. The fraction of sp³-hybridized carbons (Fsp3) is 0.333. The number of fused-ring (bicyclic) bond motifs is 1. The van der Waals surface area contributed by atoms with Gasteiger partial charge in [-0.3, -0.25) is 0 Å². The van der Waals surface area contributed by atoms with Crippen LogP contribution in [-0.2, 0) is 19.4 Å². The third-order valence-electron chi connectivity index (χ3n) is 3.55. The summed E-state index contributed by atoms with van der Waals surface area (Å²) in [5.41, 5.74) is 4.46. The van der Waals surface area contributed by atoms with Crippen LogP contribution in [0, 0.1) is 6.92 Å². The van der Waals surface area contributed by atoms with Gasteiger partial charge in [0.15, 0.2) is 0 Å². The van der Waals surface area contributed by atoms with Gasteiger partial charge in [-0.1, -0.05) is 29.3 Å². The second-order valence-electron chi connectivity index (χ2n) is 4.99. The molecule has 0 atom stereocenters. The summed E-state index contributed by atoms with van der Waals surface area (Å²) in [7, 11) is 0. The Balaban J connectivity index is 1.93. The van der Waals surface area contributed by atoms with Crippen molar-refractivity contribution in [3.63, 3.8) is 0 Å². The largest absolute Gasteiger partial charge is 0.312 e. The number of hydrogen-bond donors (Lipinski definition) is 1. The van der Waals surface area contributed by atoms with Crippen LogP contribution in [0.25, 0.3) is 0 Å². The summed E-state index contributed by atoms with van der Waals surface area (Å²) in [4.78, 5) is 9.29. The lowest BCUT2D eigenvalue weighted by molar-refractivity contribution is 0.615. The molecule has 2 aromatic rings. The Bertz CT molecular complexity index is 656. The van der Waals surface area contributed by atoms with Gasteiger partial charge in [-0.05, 0) is 24.6 Å². The van der Waals surface area contributed by atoms with Gasteiger partial charge in [0.1, 0.15) is 5.82 Å². The monoisotopic (exact) mass is 307 g/mol. The van der Waals surface area contributed by atoms with Gasteiger partial charge in [0.25, 0.3) is 0 Å². The average molecular weight is 308 g/mol. The summed E-state index contributed by atoms with van der Waals surface area (Å²) in [6, 6.07) is 5.54. The first kappa shape index (κ1) is 13.8. The third-order valence-corrected chi connectivity index (χ3v) is 4.14. The van der Waals surface area contributed by atoms with E-state index in [1.807, 2.05) is 19.1 Å². The molecule has 104 valence electrons. The van der Waals surface area contributed by atoms with Crippen LogP contribution in [-0.4, -0.2) is 16.5 Å². The Morgan fingerprint density at radius 2 is 2.10 bits per heavy atom. The summed E-state index contributed by atoms with van der Waals surface area (Å²) in [6.45, 7) is 3.88. The van der Waals surface area contributed by atoms with Crippen molar-refractivity contribution in [3.05, 3.63) is 56.6 Å². The number of halogens is 2. The van der Waals surface area contributed by atoms with Gasteiger partial charge in [0.2, 0.25) is 0 Å². The summed E-state index contributed by atoms with van der Waals surface area (Å²) in [6.07, 6.45) is 1.59. The highest BCUT2D eigenvalue weighted by Gasteiger charge is 2.15. The molecule has 3 rings (SSSR count). The first-order valence-corrected chi connectivity index (χ1v) is 7.39. The topological polar surface area (TPSA) is 37.8 Å². The fourth-order valence-corrected chi connectivity index (χ4v) is 2.96. The molecule has 0 saturated carbocycles. The molecule has 0 aliphatic carbocycles. The lowest BCUT2D eigenvalue weighted by Crippen LogP contribution is -2.26. The Morgan fingerprint density at radius 3 is 2.90 bits per heavy atom. The third kappa shape index (κ3) is 2.80. The molecule has 0 radical (unpaired) electrons. The minimum absolute atomic E-state index is 0.636. The quantitative estimate of drug-likeness (QED) is 0.925. The van der Waals surface area contributed by atoms with Crippen LogP contribution in [0.1, 0.15) is 28.3 Å². The molecular formula is C15H15Cl2N3. The molecule has 2 heterocycles. The zero-order valence-electron chi connectivity index (χ0n) is 11.2. The summed E-state index contributed by atoms with van der Waals surface area (Å²) in [5.74, 6) is 0.826. The smallest absolute Gasteiger partial charge is 0.133 e. The zero-order chi connectivity index (χ0) is 14.1. The van der Waals surface area contributed by atoms with E-state index in [1.54, 1.807) is 6.07 Å². The van der Waals surface area contributed by atoms with Crippen molar-refractivity contribution in [2.75, 3.05) is 6.54 Å². The summed E-state index contributed by atoms with van der Waals surface area (Å²) >= 11 is 12.1. The highest BCUT2D eigenvalue weighted by Crippen LogP contribution is 2.23. The lowest BCUT2D eigenvalue weighted by Gasteiger charge is -2.18. The Hall–Kier alpha value is -1.16. The molecule has 5 heteroatoms. The first-order chi connectivity index (χ1) is 9.63. The molecule has 3 nitrogen and oxygen atoms in total. The van der Waals surface area contributed by atoms with Gasteiger partial charge < -0.3 is 5.32 Å². The van der Waals surface area contributed by atoms with Gasteiger partial charge in [0, 0.05) is 47.2 Å². The molecule has 0 spiro atoms. The Labute approximate surface area is 128 Å². The minimum atomic E-state index is 0.636. The standard InChI is InChI=1S/C15H15Cl2N3/c1-9-12-8-18-5-4-14(12)20-15(19-9)6-10-2-3-11(16)7-13(10)17/h2-3,7,18H,4-6,8H2,1H3. The van der Waals surface area contributed by atoms with Gasteiger partial charge in [0.05, 0.1) is 5.69 Å². The molecule has 1 aromatic heterocycles. The number of nitrogens with zero attached hydrogens (tertiary/aromatic N) is 2. The number of nitrogens with one attached hydrogen (secondary N) is 1. The van der Waals surface area contributed by atoms with E-state index in [0.717, 1.165) is 42.3 Å². The van der Waals surface area contributed by atoms with E-state index in [4.69, 9.17) is 28.2 Å². The summed E-state index contributed by atoms with van der Waals surface area (Å²) in [5, 5.41) is 4.66. The molecule has 1 aromatic carbocycles. The van der Waals surface area contributed by atoms with Gasteiger partial charge in [-0.25, -0.2) is 9.97 Å². The van der Waals surface area contributed by atoms with Crippen molar-refractivity contribution in [1.29, 1.82) is 0 Å². The van der Waals surface area contributed by atoms with Crippen molar-refractivity contribution >= 4 is 23.2 Å². The van der Waals surface area contributed by atoms with Crippen LogP contribution >= 0.6 is 23.2 Å². The SMILES string of the molecule is Cc1nc(Cc2ccc(Cl)cc2Cl)nc2c1CNCC2. The average Bonchev–Trinajstić information content (AvgIpc) is 2.42. The molecule has 0 amide bonds. The molecule has 20 heavy (non-hydrogen) atoms. The van der Waals surface area contributed by atoms with E-state index in [9.17, 15) is 0 Å². The number of aryl methyl sites for hydroxylation is 1. The van der Waals surface area contributed by atoms with Crippen molar-refractivity contribution in [3.8, 4) is 0 Å². The molecule has 0 unspecified atom stereocenters. The number of hydrogen-bond acceptors (Lipinski definition) is 3. The number of benzene rings is 1. The molecule has 1 aliphatic heterocycles. The van der Waals surface area contributed by atoms with Crippen LogP contribution < -0.4 is 5.32 Å². The van der Waals surface area contributed by atoms with Gasteiger partial charge in [-0.15, -0.1) is 0 Å². The molecule has 1 N–H and O–H groups in total. The van der Waals surface area contributed by atoms with Crippen molar-refractivity contribution < 1.29 is 0 Å². The number of rotatable bonds is 2. The second-order valence-corrected chi connectivity index (χ2v) is 5.83. The van der Waals surface area contributed by atoms with Crippen molar-refractivity contribution in [2.45, 2.75) is 26.3 Å². The van der Waals surface area contributed by atoms with Crippen molar-refractivity contribution in [2.24, 2.45) is 0 Å². The van der Waals surface area contributed by atoms with Crippen LogP contribution in [0.4, 0.5) is 0 Å². The predicted molar refractivity (Wildman–Crippen MR) is 81.4 cm³/mol. The highest BCUT2D eigenvalue weighted by atomic mass is 35.5. The molecule has 0 saturated heterocycles. The van der Waals surface area contributed by atoms with E-state index in [0.29, 0.717) is 16.5 Å². The van der Waals surface area contributed by atoms with E-state index >= 15 is 0 Å². The Kier molecular flexibility index (Phi) is 3.92. The van der Waals surface area contributed by atoms with Crippen LogP contribution in [0.5, 0.6) is 0 Å². The van der Waals surface area contributed by atoms with E-state index in [-0.39, 0.29) is 0 Å². The minimum Gasteiger partial charge on any atom is -0.312 e. The molecule has 1 aliphatic rings. The maximum Gasteiger partial charge on any atom is 0.133 e. The van der Waals surface area contributed by atoms with Crippen molar-refractivity contribution in [1.82, 2.24) is 15.3 Å². The summed E-state index contributed by atoms with van der Waals surface area (Å²) < 4.78 is 0. The normalized spacial score (nSPS) is 14.2. The fourth-order valence-electron chi connectivity index (χ4n) is 2.49. The lowest BCUT2D eigenvalue weighted by atomic mass is 10.0. The predicted octanol–water partition coefficient (Wildman–Crippen LogP) is 3.33. The highest BCUT2D eigenvalue weighted by molar-refractivity contribution is 6.35. The maximum absolute atomic E-state index is 6.21. The number of aromatic nitrogens is 2. The van der Waals surface area contributed by atoms with Crippen LogP contribution in [0.15, 0.2) is 18.2 Å².